The van der Waals surface area contributed by atoms with Crippen LogP contribution in [0.1, 0.15) is 11.1 Å². The SMILES string of the molecule is COCCNC(=O)CN(C)c1cccc2c1CNCC2. The number of methoxy groups -OCH3 is 1. The smallest absolute Gasteiger partial charge is 0.239 e. The number of amides is 1. The highest BCUT2D eigenvalue weighted by molar-refractivity contribution is 5.81. The van der Waals surface area contributed by atoms with Crippen LogP contribution in [0.3, 0.4) is 0 Å². The quantitative estimate of drug-likeness (QED) is 0.745. The van der Waals surface area contributed by atoms with Crippen molar-refractivity contribution in [1.82, 2.24) is 10.6 Å². The van der Waals surface area contributed by atoms with Crippen molar-refractivity contribution in [2.45, 2.75) is 13.0 Å². The molecule has 0 radical (unpaired) electrons. The first-order valence-electron chi connectivity index (χ1n) is 7.00. The number of benzene rings is 1. The minimum absolute atomic E-state index is 0.0194. The molecular weight excluding hydrogens is 254 g/mol. The highest BCUT2D eigenvalue weighted by Gasteiger charge is 2.16. The van der Waals surface area contributed by atoms with E-state index in [0.717, 1.165) is 25.2 Å². The lowest BCUT2D eigenvalue weighted by Gasteiger charge is -2.26. The van der Waals surface area contributed by atoms with E-state index in [0.29, 0.717) is 19.7 Å². The summed E-state index contributed by atoms with van der Waals surface area (Å²) in [6.07, 6.45) is 1.05. The third-order valence-corrected chi connectivity index (χ3v) is 3.54. The van der Waals surface area contributed by atoms with Crippen LogP contribution in [0.5, 0.6) is 0 Å². The van der Waals surface area contributed by atoms with Gasteiger partial charge in [0, 0.05) is 32.9 Å². The van der Waals surface area contributed by atoms with E-state index in [1.165, 1.54) is 11.1 Å². The summed E-state index contributed by atoms with van der Waals surface area (Å²) in [7, 11) is 3.58. The monoisotopic (exact) mass is 277 g/mol. The lowest BCUT2D eigenvalue weighted by molar-refractivity contribution is -0.119. The van der Waals surface area contributed by atoms with Gasteiger partial charge in [-0.3, -0.25) is 4.79 Å². The lowest BCUT2D eigenvalue weighted by atomic mass is 9.99. The third kappa shape index (κ3) is 3.71. The molecule has 110 valence electrons. The van der Waals surface area contributed by atoms with Crippen LogP contribution < -0.4 is 15.5 Å². The molecule has 0 atom stereocenters. The number of ether oxygens (including phenoxy) is 1. The van der Waals surface area contributed by atoms with E-state index in [1.807, 2.05) is 11.9 Å². The van der Waals surface area contributed by atoms with Gasteiger partial charge in [-0.15, -0.1) is 0 Å². The number of hydrogen-bond acceptors (Lipinski definition) is 4. The molecule has 0 aromatic heterocycles. The summed E-state index contributed by atoms with van der Waals surface area (Å²) >= 11 is 0. The second-order valence-electron chi connectivity index (χ2n) is 5.04. The van der Waals surface area contributed by atoms with Crippen LogP contribution in [-0.2, 0) is 22.5 Å². The van der Waals surface area contributed by atoms with E-state index in [2.05, 4.69) is 28.8 Å². The second kappa shape index (κ2) is 7.26. The van der Waals surface area contributed by atoms with Crippen LogP contribution in [0.2, 0.25) is 0 Å². The topological polar surface area (TPSA) is 53.6 Å². The van der Waals surface area contributed by atoms with Gasteiger partial charge >= 0.3 is 0 Å². The van der Waals surface area contributed by atoms with Crippen molar-refractivity contribution in [2.75, 3.05) is 45.3 Å². The van der Waals surface area contributed by atoms with E-state index in [9.17, 15) is 4.79 Å². The molecule has 2 rings (SSSR count). The Hall–Kier alpha value is -1.59. The van der Waals surface area contributed by atoms with Crippen molar-refractivity contribution in [2.24, 2.45) is 0 Å². The molecular formula is C15H23N3O2. The normalized spacial score (nSPS) is 13.7. The maximum atomic E-state index is 11.8. The predicted molar refractivity (Wildman–Crippen MR) is 80.0 cm³/mol. The molecule has 0 aliphatic carbocycles. The Labute approximate surface area is 120 Å². The van der Waals surface area contributed by atoms with Crippen molar-refractivity contribution >= 4 is 11.6 Å². The van der Waals surface area contributed by atoms with Crippen molar-refractivity contribution in [1.29, 1.82) is 0 Å². The van der Waals surface area contributed by atoms with Gasteiger partial charge in [0.1, 0.15) is 0 Å². The molecule has 1 aliphatic heterocycles. The molecule has 1 aliphatic rings. The summed E-state index contributed by atoms with van der Waals surface area (Å²) in [5.74, 6) is 0.0194. The number of likely N-dealkylation sites (N-methyl/N-ethyl adjacent to an activating group) is 1. The molecule has 2 N–H and O–H groups in total. The first kappa shape index (κ1) is 14.8. The maximum absolute atomic E-state index is 11.8. The average Bonchev–Trinajstić information content (AvgIpc) is 2.47. The minimum atomic E-state index is 0.0194. The molecule has 5 nitrogen and oxygen atoms in total. The highest BCUT2D eigenvalue weighted by atomic mass is 16.5. The maximum Gasteiger partial charge on any atom is 0.239 e. The van der Waals surface area contributed by atoms with Crippen LogP contribution >= 0.6 is 0 Å². The van der Waals surface area contributed by atoms with Gasteiger partial charge in [0.2, 0.25) is 5.91 Å². The van der Waals surface area contributed by atoms with Crippen LogP contribution in [0.25, 0.3) is 0 Å². The Morgan fingerprint density at radius 1 is 1.50 bits per heavy atom. The average molecular weight is 277 g/mol. The van der Waals surface area contributed by atoms with E-state index >= 15 is 0 Å². The van der Waals surface area contributed by atoms with Crippen molar-refractivity contribution in [3.8, 4) is 0 Å². The molecule has 0 unspecified atom stereocenters. The number of rotatable bonds is 6. The van der Waals surface area contributed by atoms with Gasteiger partial charge in [0.05, 0.1) is 13.2 Å². The van der Waals surface area contributed by atoms with Gasteiger partial charge in [-0.1, -0.05) is 12.1 Å². The van der Waals surface area contributed by atoms with E-state index in [4.69, 9.17) is 4.74 Å². The lowest BCUT2D eigenvalue weighted by Crippen LogP contribution is -2.37. The summed E-state index contributed by atoms with van der Waals surface area (Å²) in [5, 5.41) is 6.23. The number of nitrogens with one attached hydrogen (secondary N) is 2. The van der Waals surface area contributed by atoms with Gasteiger partial charge < -0.3 is 20.3 Å². The van der Waals surface area contributed by atoms with E-state index < -0.39 is 0 Å². The fraction of sp³-hybridized carbons (Fsp3) is 0.533. The molecule has 1 aromatic carbocycles. The minimum Gasteiger partial charge on any atom is -0.383 e. The highest BCUT2D eigenvalue weighted by Crippen LogP contribution is 2.25. The van der Waals surface area contributed by atoms with Crippen LogP contribution in [-0.4, -0.2) is 46.3 Å². The Balaban J connectivity index is 1.98. The molecule has 0 spiro atoms. The Kier molecular flexibility index (Phi) is 5.38. The van der Waals surface area contributed by atoms with Gasteiger partial charge in [-0.05, 0) is 30.2 Å². The zero-order valence-electron chi connectivity index (χ0n) is 12.2. The number of anilines is 1. The van der Waals surface area contributed by atoms with Crippen molar-refractivity contribution in [3.05, 3.63) is 29.3 Å². The van der Waals surface area contributed by atoms with Gasteiger partial charge in [0.15, 0.2) is 0 Å². The molecule has 0 fully saturated rings. The summed E-state index contributed by atoms with van der Waals surface area (Å²) in [5.41, 5.74) is 3.83. The predicted octanol–water partition coefficient (Wildman–Crippen LogP) is 0.531. The largest absolute Gasteiger partial charge is 0.383 e. The fourth-order valence-corrected chi connectivity index (χ4v) is 2.50. The summed E-state index contributed by atoms with van der Waals surface area (Å²) < 4.78 is 4.92. The summed E-state index contributed by atoms with van der Waals surface area (Å²) in [6, 6.07) is 6.32. The number of carbonyl (C=O) groups is 1. The zero-order chi connectivity index (χ0) is 14.4. The van der Waals surface area contributed by atoms with Crippen molar-refractivity contribution < 1.29 is 9.53 Å². The first-order valence-corrected chi connectivity index (χ1v) is 7.00. The second-order valence-corrected chi connectivity index (χ2v) is 5.04. The summed E-state index contributed by atoms with van der Waals surface area (Å²) in [4.78, 5) is 13.9. The van der Waals surface area contributed by atoms with Crippen LogP contribution in [0, 0.1) is 0 Å². The molecule has 0 saturated carbocycles. The number of fused-ring (bicyclic) bond motifs is 1. The first-order chi connectivity index (χ1) is 9.72. The fourth-order valence-electron chi connectivity index (χ4n) is 2.50. The van der Waals surface area contributed by atoms with Gasteiger partial charge in [-0.25, -0.2) is 0 Å². The Morgan fingerprint density at radius 3 is 3.15 bits per heavy atom. The zero-order valence-corrected chi connectivity index (χ0v) is 12.2. The van der Waals surface area contributed by atoms with E-state index in [1.54, 1.807) is 7.11 Å². The summed E-state index contributed by atoms with van der Waals surface area (Å²) in [6.45, 7) is 3.36. The molecule has 0 saturated heterocycles. The molecule has 20 heavy (non-hydrogen) atoms. The third-order valence-electron chi connectivity index (χ3n) is 3.54. The Morgan fingerprint density at radius 2 is 2.35 bits per heavy atom. The van der Waals surface area contributed by atoms with Gasteiger partial charge in [0.25, 0.3) is 0 Å². The van der Waals surface area contributed by atoms with Crippen LogP contribution in [0.4, 0.5) is 5.69 Å². The number of nitrogens with zero attached hydrogens (tertiary/aromatic N) is 1. The molecule has 1 heterocycles. The standard InChI is InChI=1S/C15H23N3O2/c1-18(11-15(19)17-8-9-20-2)14-5-3-4-12-6-7-16-10-13(12)14/h3-5,16H,6-11H2,1-2H3,(H,17,19). The molecule has 1 aromatic rings. The van der Waals surface area contributed by atoms with Crippen molar-refractivity contribution in [3.63, 3.8) is 0 Å². The van der Waals surface area contributed by atoms with E-state index in [-0.39, 0.29) is 5.91 Å². The Bertz CT molecular complexity index is 462. The molecule has 1 amide bonds. The number of carbonyl (C=O) groups excluding carboxylic acids is 1. The van der Waals surface area contributed by atoms with Gasteiger partial charge in [-0.2, -0.15) is 0 Å². The van der Waals surface area contributed by atoms with Crippen LogP contribution in [0.15, 0.2) is 18.2 Å². The molecule has 5 heteroatoms. The number of hydrogen-bond donors (Lipinski definition) is 2. The molecule has 0 bridgehead atoms.